The molecule has 37 heavy (non-hydrogen) atoms. The van der Waals surface area contributed by atoms with Crippen molar-refractivity contribution < 1.29 is 13.6 Å². The smallest absolute Gasteiger partial charge is 0.260 e. The number of halogens is 2. The van der Waals surface area contributed by atoms with E-state index in [9.17, 15) is 13.6 Å². The van der Waals surface area contributed by atoms with Gasteiger partial charge in [0.05, 0.1) is 18.6 Å². The van der Waals surface area contributed by atoms with E-state index in [0.717, 1.165) is 43.0 Å². The van der Waals surface area contributed by atoms with Crippen LogP contribution in [0.1, 0.15) is 94.0 Å². The molecule has 1 aromatic heterocycles. The highest BCUT2D eigenvalue weighted by Gasteiger charge is 2.42. The number of nitrogens with one attached hydrogen (secondary N) is 2. The summed E-state index contributed by atoms with van der Waals surface area (Å²) in [5, 5.41) is 14.8. The van der Waals surface area contributed by atoms with Crippen LogP contribution in [-0.2, 0) is 4.79 Å². The zero-order valence-corrected chi connectivity index (χ0v) is 22.2. The summed E-state index contributed by atoms with van der Waals surface area (Å²) < 4.78 is 29.5. The van der Waals surface area contributed by atoms with E-state index in [1.54, 1.807) is 0 Å². The molecule has 3 saturated heterocycles. The van der Waals surface area contributed by atoms with Gasteiger partial charge >= 0.3 is 0 Å². The molecule has 1 amide bonds. The van der Waals surface area contributed by atoms with Crippen molar-refractivity contribution in [2.24, 2.45) is 0 Å². The molecule has 0 saturated carbocycles. The fourth-order valence-corrected chi connectivity index (χ4v) is 6.65. The molecule has 5 rings (SSSR count). The molecular formula is C28H40F2N6O. The molecule has 3 fully saturated rings. The van der Waals surface area contributed by atoms with Crippen molar-refractivity contribution in [2.45, 2.75) is 108 Å². The summed E-state index contributed by atoms with van der Waals surface area (Å²) in [7, 11) is 0. The summed E-state index contributed by atoms with van der Waals surface area (Å²) >= 11 is 0. The Morgan fingerprint density at radius 2 is 1.81 bits per heavy atom. The van der Waals surface area contributed by atoms with Crippen molar-refractivity contribution >= 4 is 5.91 Å². The number of carbonyl (C=O) groups excluding carboxylic acids is 1. The lowest BCUT2D eigenvalue weighted by Crippen LogP contribution is -2.53. The van der Waals surface area contributed by atoms with E-state index < -0.39 is 18.5 Å². The van der Waals surface area contributed by atoms with Crippen LogP contribution in [0.3, 0.4) is 0 Å². The van der Waals surface area contributed by atoms with Crippen LogP contribution < -0.4 is 10.6 Å². The third-order valence-electron chi connectivity index (χ3n) is 8.55. The zero-order chi connectivity index (χ0) is 26.2. The van der Waals surface area contributed by atoms with Crippen LogP contribution in [0.2, 0.25) is 0 Å². The van der Waals surface area contributed by atoms with E-state index >= 15 is 0 Å². The van der Waals surface area contributed by atoms with Crippen LogP contribution in [0.15, 0.2) is 30.3 Å². The molecule has 3 aliphatic heterocycles. The molecule has 2 N–H and O–H groups in total. The molecule has 3 aliphatic rings. The van der Waals surface area contributed by atoms with Gasteiger partial charge in [0.2, 0.25) is 5.91 Å². The average Bonchev–Trinajstić information content (AvgIpc) is 3.37. The zero-order valence-electron chi connectivity index (χ0n) is 22.2. The summed E-state index contributed by atoms with van der Waals surface area (Å²) in [5.41, 5.74) is 1.06. The van der Waals surface area contributed by atoms with Gasteiger partial charge in [0.15, 0.2) is 0 Å². The van der Waals surface area contributed by atoms with E-state index in [0.29, 0.717) is 24.0 Å². The first kappa shape index (κ1) is 26.2. The lowest BCUT2D eigenvalue weighted by molar-refractivity contribution is -0.126. The lowest BCUT2D eigenvalue weighted by atomic mass is 9.94. The van der Waals surface area contributed by atoms with Gasteiger partial charge in [-0.15, -0.1) is 10.2 Å². The lowest BCUT2D eigenvalue weighted by Gasteiger charge is -2.40. The number of hydrogen-bond acceptors (Lipinski definition) is 5. The molecule has 0 spiro atoms. The Balaban J connectivity index is 1.24. The Bertz CT molecular complexity index is 1050. The predicted octanol–water partition coefficient (Wildman–Crippen LogP) is 4.51. The summed E-state index contributed by atoms with van der Waals surface area (Å²) in [4.78, 5) is 15.7. The summed E-state index contributed by atoms with van der Waals surface area (Å²) in [6.07, 6.45) is 5.27. The van der Waals surface area contributed by atoms with Gasteiger partial charge in [0.1, 0.15) is 11.6 Å². The van der Waals surface area contributed by atoms with Gasteiger partial charge in [-0.2, -0.15) is 0 Å². The number of aromatic nitrogens is 3. The highest BCUT2D eigenvalue weighted by atomic mass is 19.3. The Labute approximate surface area is 218 Å². The minimum atomic E-state index is -2.73. The first-order valence-corrected chi connectivity index (χ1v) is 13.9. The van der Waals surface area contributed by atoms with Gasteiger partial charge < -0.3 is 15.2 Å². The van der Waals surface area contributed by atoms with Crippen LogP contribution in [0.5, 0.6) is 0 Å². The molecule has 2 aromatic rings. The Morgan fingerprint density at radius 3 is 2.43 bits per heavy atom. The largest absolute Gasteiger partial charge is 0.348 e. The van der Waals surface area contributed by atoms with Gasteiger partial charge in [-0.25, -0.2) is 8.78 Å². The third kappa shape index (κ3) is 5.72. The fourth-order valence-electron chi connectivity index (χ4n) is 6.65. The number of aryl methyl sites for hydroxylation is 1. The number of carbonyl (C=O) groups is 1. The first-order chi connectivity index (χ1) is 17.7. The van der Waals surface area contributed by atoms with Gasteiger partial charge in [-0.1, -0.05) is 44.2 Å². The van der Waals surface area contributed by atoms with Crippen molar-refractivity contribution in [1.82, 2.24) is 30.3 Å². The predicted molar refractivity (Wildman–Crippen MR) is 139 cm³/mol. The van der Waals surface area contributed by atoms with Crippen LogP contribution in [0.25, 0.3) is 0 Å². The Morgan fingerprint density at radius 1 is 1.11 bits per heavy atom. The number of fused-ring (bicyclic) bond motifs is 2. The van der Waals surface area contributed by atoms with Crippen LogP contribution >= 0.6 is 0 Å². The number of amides is 1. The molecule has 7 nitrogen and oxygen atoms in total. The van der Waals surface area contributed by atoms with Gasteiger partial charge in [-0.3, -0.25) is 9.69 Å². The first-order valence-electron chi connectivity index (χ1n) is 13.9. The molecular weight excluding hydrogens is 474 g/mol. The molecule has 0 radical (unpaired) electrons. The summed E-state index contributed by atoms with van der Waals surface area (Å²) in [6.45, 7) is 6.87. The van der Waals surface area contributed by atoms with Crippen molar-refractivity contribution in [3.8, 4) is 0 Å². The van der Waals surface area contributed by atoms with Crippen molar-refractivity contribution in [3.63, 3.8) is 0 Å². The second-order valence-corrected chi connectivity index (χ2v) is 11.5. The monoisotopic (exact) mass is 514 g/mol. The number of piperidine rings is 2. The van der Waals surface area contributed by atoms with Crippen LogP contribution in [0, 0.1) is 6.92 Å². The maximum atomic E-state index is 13.6. The second-order valence-electron chi connectivity index (χ2n) is 11.5. The Hall–Kier alpha value is -2.39. The van der Waals surface area contributed by atoms with E-state index in [-0.39, 0.29) is 24.8 Å². The van der Waals surface area contributed by atoms with Crippen molar-refractivity contribution in [3.05, 3.63) is 47.5 Å². The summed E-state index contributed by atoms with van der Waals surface area (Å²) in [5.74, 6) is -0.492. The number of alkyl halides is 2. The maximum absolute atomic E-state index is 13.6. The number of nitrogens with zero attached hydrogens (tertiary/aromatic N) is 4. The standard InChI is InChI=1S/C28H40F2N6O/c1-18(2)26-34-33-19(3)36(26)23-15-21-9-10-22(16-23)35(21)14-12-24(20-7-5-4-6-8-20)32-27(37)25-11-13-28(29,30)17-31-25/h4-8,18,21-25,31H,9-17H2,1-3H3,(H,32,37)/t21-,22+,23?,24-,25?/m0/s1. The summed E-state index contributed by atoms with van der Waals surface area (Å²) in [6, 6.07) is 10.8. The van der Waals surface area contributed by atoms with Gasteiger partial charge in [-0.05, 0) is 51.0 Å². The highest BCUT2D eigenvalue weighted by Crippen LogP contribution is 2.42. The SMILES string of the molecule is Cc1nnc(C(C)C)n1C1C[C@H]2CC[C@@H](C1)N2CC[C@H](NC(=O)C1CCC(F)(F)CN1)c1ccccc1. The number of benzene rings is 1. The van der Waals surface area contributed by atoms with E-state index in [1.165, 1.54) is 12.8 Å². The Kier molecular flexibility index (Phi) is 7.63. The van der Waals surface area contributed by atoms with Crippen molar-refractivity contribution in [1.29, 1.82) is 0 Å². The normalized spacial score (nSPS) is 28.4. The quantitative estimate of drug-likeness (QED) is 0.542. The highest BCUT2D eigenvalue weighted by molar-refractivity contribution is 5.82. The number of rotatable bonds is 8. The minimum absolute atomic E-state index is 0.150. The molecule has 5 atom stereocenters. The van der Waals surface area contributed by atoms with E-state index in [1.807, 2.05) is 30.3 Å². The molecule has 0 aliphatic carbocycles. The average molecular weight is 515 g/mol. The van der Waals surface area contributed by atoms with Crippen LogP contribution in [0.4, 0.5) is 8.78 Å². The molecule has 202 valence electrons. The van der Waals surface area contributed by atoms with Gasteiger partial charge in [0, 0.05) is 37.0 Å². The second kappa shape index (κ2) is 10.8. The van der Waals surface area contributed by atoms with E-state index in [4.69, 9.17) is 0 Å². The molecule has 2 bridgehead atoms. The third-order valence-corrected chi connectivity index (χ3v) is 8.55. The molecule has 4 heterocycles. The molecule has 2 unspecified atom stereocenters. The number of hydrogen-bond donors (Lipinski definition) is 2. The molecule has 1 aromatic carbocycles. The van der Waals surface area contributed by atoms with Crippen LogP contribution in [-0.4, -0.2) is 62.7 Å². The topological polar surface area (TPSA) is 75.1 Å². The van der Waals surface area contributed by atoms with Gasteiger partial charge in [0.25, 0.3) is 5.92 Å². The molecule has 9 heteroatoms. The maximum Gasteiger partial charge on any atom is 0.260 e. The van der Waals surface area contributed by atoms with Crippen molar-refractivity contribution in [2.75, 3.05) is 13.1 Å². The fraction of sp³-hybridized carbons (Fsp3) is 0.679. The minimum Gasteiger partial charge on any atom is -0.348 e. The van der Waals surface area contributed by atoms with E-state index in [2.05, 4.69) is 51.1 Å².